The fourth-order valence-electron chi connectivity index (χ4n) is 1.13. The molecule has 16 heavy (non-hydrogen) atoms. The van der Waals surface area contributed by atoms with Gasteiger partial charge >= 0.3 is 5.97 Å². The van der Waals surface area contributed by atoms with Crippen LogP contribution in [0.4, 0.5) is 0 Å². The van der Waals surface area contributed by atoms with Crippen molar-refractivity contribution >= 4 is 21.7 Å². The number of nitrogens with one attached hydrogen (secondary N) is 1. The lowest BCUT2D eigenvalue weighted by Crippen LogP contribution is -2.39. The van der Waals surface area contributed by atoms with Gasteiger partial charge in [0, 0.05) is 7.05 Å². The number of hydrogen-bond acceptors (Lipinski definition) is 5. The molecule has 0 aliphatic heterocycles. The SMILES string of the molecule is CNC(=O)C(C)S(=O)(=O)CC(C)C(=O)OC. The van der Waals surface area contributed by atoms with Crippen LogP contribution >= 0.6 is 0 Å². The van der Waals surface area contributed by atoms with E-state index < -0.39 is 38.6 Å². The van der Waals surface area contributed by atoms with Crippen molar-refractivity contribution in [3.8, 4) is 0 Å². The number of ether oxygens (including phenoxy) is 1. The Kier molecular flexibility index (Phi) is 5.43. The van der Waals surface area contributed by atoms with E-state index in [1.54, 1.807) is 0 Å². The average molecular weight is 251 g/mol. The summed E-state index contributed by atoms with van der Waals surface area (Å²) in [4.78, 5) is 22.2. The maximum Gasteiger partial charge on any atom is 0.309 e. The first-order chi connectivity index (χ1) is 7.26. The van der Waals surface area contributed by atoms with Gasteiger partial charge in [-0.15, -0.1) is 0 Å². The van der Waals surface area contributed by atoms with Crippen molar-refractivity contribution in [2.75, 3.05) is 19.9 Å². The van der Waals surface area contributed by atoms with E-state index in [4.69, 9.17) is 0 Å². The Hall–Kier alpha value is -1.11. The second kappa shape index (κ2) is 5.83. The third-order valence-electron chi connectivity index (χ3n) is 2.24. The average Bonchev–Trinajstić information content (AvgIpc) is 2.24. The van der Waals surface area contributed by atoms with Gasteiger partial charge < -0.3 is 10.1 Å². The standard InChI is InChI=1S/C9H17NO5S/c1-6(9(12)15-4)5-16(13,14)7(2)8(11)10-3/h6-7H,5H2,1-4H3,(H,10,11). The highest BCUT2D eigenvalue weighted by molar-refractivity contribution is 7.92. The molecule has 0 saturated carbocycles. The molecule has 0 aromatic heterocycles. The fourth-order valence-corrected chi connectivity index (χ4v) is 2.69. The number of carbonyl (C=O) groups is 2. The molecule has 0 saturated heterocycles. The van der Waals surface area contributed by atoms with Gasteiger partial charge in [-0.25, -0.2) is 8.42 Å². The van der Waals surface area contributed by atoms with Gasteiger partial charge in [0.2, 0.25) is 5.91 Å². The van der Waals surface area contributed by atoms with Crippen LogP contribution in [0.3, 0.4) is 0 Å². The van der Waals surface area contributed by atoms with E-state index in [1.165, 1.54) is 28.0 Å². The minimum Gasteiger partial charge on any atom is -0.469 e. The predicted molar refractivity (Wildman–Crippen MR) is 58.5 cm³/mol. The molecule has 0 spiro atoms. The summed E-state index contributed by atoms with van der Waals surface area (Å²) in [6.45, 7) is 2.73. The molecule has 1 N–H and O–H groups in total. The Bertz CT molecular complexity index is 362. The van der Waals surface area contributed by atoms with Crippen molar-refractivity contribution in [1.29, 1.82) is 0 Å². The molecule has 0 radical (unpaired) electrons. The lowest BCUT2D eigenvalue weighted by molar-refractivity contribution is -0.144. The van der Waals surface area contributed by atoms with Crippen LogP contribution in [0, 0.1) is 5.92 Å². The highest BCUT2D eigenvalue weighted by atomic mass is 32.2. The molecule has 94 valence electrons. The van der Waals surface area contributed by atoms with Crippen LogP contribution in [-0.2, 0) is 24.2 Å². The van der Waals surface area contributed by atoms with E-state index in [-0.39, 0.29) is 0 Å². The van der Waals surface area contributed by atoms with Gasteiger partial charge in [-0.2, -0.15) is 0 Å². The smallest absolute Gasteiger partial charge is 0.309 e. The van der Waals surface area contributed by atoms with Crippen LogP contribution in [0.5, 0.6) is 0 Å². The Balaban J connectivity index is 4.70. The van der Waals surface area contributed by atoms with E-state index in [2.05, 4.69) is 10.1 Å². The topological polar surface area (TPSA) is 89.5 Å². The number of sulfone groups is 1. The van der Waals surface area contributed by atoms with Gasteiger partial charge in [0.05, 0.1) is 18.8 Å². The summed E-state index contributed by atoms with van der Waals surface area (Å²) in [6, 6.07) is 0. The van der Waals surface area contributed by atoms with Crippen molar-refractivity contribution in [3.05, 3.63) is 0 Å². The van der Waals surface area contributed by atoms with Crippen molar-refractivity contribution in [3.63, 3.8) is 0 Å². The zero-order valence-electron chi connectivity index (χ0n) is 9.81. The molecular formula is C9H17NO5S. The molecule has 0 heterocycles. The summed E-state index contributed by atoms with van der Waals surface area (Å²) in [7, 11) is -1.09. The van der Waals surface area contributed by atoms with E-state index in [0.29, 0.717) is 0 Å². The predicted octanol–water partition coefficient (Wildman–Crippen LogP) is -0.655. The molecule has 0 rings (SSSR count). The first-order valence-electron chi connectivity index (χ1n) is 4.77. The van der Waals surface area contributed by atoms with Crippen LogP contribution in [0.15, 0.2) is 0 Å². The fraction of sp³-hybridized carbons (Fsp3) is 0.778. The zero-order valence-corrected chi connectivity index (χ0v) is 10.6. The van der Waals surface area contributed by atoms with Gasteiger partial charge in [0.15, 0.2) is 9.84 Å². The molecule has 6 nitrogen and oxygen atoms in total. The number of rotatable bonds is 5. The van der Waals surface area contributed by atoms with Crippen molar-refractivity contribution in [2.24, 2.45) is 5.92 Å². The Morgan fingerprint density at radius 1 is 1.31 bits per heavy atom. The van der Waals surface area contributed by atoms with Crippen LogP contribution < -0.4 is 5.32 Å². The highest BCUT2D eigenvalue weighted by Crippen LogP contribution is 2.09. The van der Waals surface area contributed by atoms with E-state index in [9.17, 15) is 18.0 Å². The van der Waals surface area contributed by atoms with Crippen LogP contribution in [0.25, 0.3) is 0 Å². The normalized spacial score (nSPS) is 15.0. The second-order valence-electron chi connectivity index (χ2n) is 3.51. The zero-order chi connectivity index (χ0) is 12.9. The number of methoxy groups -OCH3 is 1. The quantitative estimate of drug-likeness (QED) is 0.655. The Morgan fingerprint density at radius 2 is 1.81 bits per heavy atom. The van der Waals surface area contributed by atoms with E-state index >= 15 is 0 Å². The first kappa shape index (κ1) is 14.9. The minimum atomic E-state index is -3.64. The van der Waals surface area contributed by atoms with Crippen LogP contribution in [0.2, 0.25) is 0 Å². The number of hydrogen-bond donors (Lipinski definition) is 1. The van der Waals surface area contributed by atoms with Crippen LogP contribution in [0.1, 0.15) is 13.8 Å². The molecule has 0 bridgehead atoms. The third-order valence-corrected chi connectivity index (χ3v) is 4.50. The molecule has 2 atom stereocenters. The van der Waals surface area contributed by atoms with Gasteiger partial charge in [0.1, 0.15) is 5.25 Å². The molecule has 0 aromatic carbocycles. The lowest BCUT2D eigenvalue weighted by atomic mass is 10.2. The van der Waals surface area contributed by atoms with Gasteiger partial charge in [0.25, 0.3) is 0 Å². The molecule has 7 heteroatoms. The molecule has 0 aliphatic rings. The highest BCUT2D eigenvalue weighted by Gasteiger charge is 2.31. The second-order valence-corrected chi connectivity index (χ2v) is 5.88. The number of esters is 1. The summed E-state index contributed by atoms with van der Waals surface area (Å²) >= 11 is 0. The third kappa shape index (κ3) is 3.80. The molecule has 2 unspecified atom stereocenters. The van der Waals surface area contributed by atoms with Gasteiger partial charge in [-0.05, 0) is 6.92 Å². The summed E-state index contributed by atoms with van der Waals surface area (Å²) in [6.07, 6.45) is 0. The maximum absolute atomic E-state index is 11.7. The number of carbonyl (C=O) groups excluding carboxylic acids is 2. The van der Waals surface area contributed by atoms with Gasteiger partial charge in [-0.3, -0.25) is 9.59 Å². The Labute approximate surface area is 95.3 Å². The van der Waals surface area contributed by atoms with Crippen LogP contribution in [-0.4, -0.2) is 45.5 Å². The molecule has 0 aliphatic carbocycles. The molecule has 0 fully saturated rings. The summed E-state index contributed by atoms with van der Waals surface area (Å²) in [5.74, 6) is -2.36. The van der Waals surface area contributed by atoms with E-state index in [1.807, 2.05) is 0 Å². The number of amides is 1. The minimum absolute atomic E-state index is 0.395. The summed E-state index contributed by atoms with van der Waals surface area (Å²) in [5.41, 5.74) is 0. The van der Waals surface area contributed by atoms with E-state index in [0.717, 1.165) is 0 Å². The van der Waals surface area contributed by atoms with Crippen molar-refractivity contribution < 1.29 is 22.7 Å². The van der Waals surface area contributed by atoms with Gasteiger partial charge in [-0.1, -0.05) is 6.92 Å². The molecular weight excluding hydrogens is 234 g/mol. The molecule has 0 aromatic rings. The molecule has 1 amide bonds. The largest absolute Gasteiger partial charge is 0.469 e. The summed E-state index contributed by atoms with van der Waals surface area (Å²) in [5, 5.41) is 1.09. The van der Waals surface area contributed by atoms with Crippen molar-refractivity contribution in [1.82, 2.24) is 5.32 Å². The lowest BCUT2D eigenvalue weighted by Gasteiger charge is -2.14. The first-order valence-corrected chi connectivity index (χ1v) is 6.48. The Morgan fingerprint density at radius 3 is 2.19 bits per heavy atom. The van der Waals surface area contributed by atoms with Crippen molar-refractivity contribution in [2.45, 2.75) is 19.1 Å². The maximum atomic E-state index is 11.7. The monoisotopic (exact) mass is 251 g/mol. The summed E-state index contributed by atoms with van der Waals surface area (Å²) < 4.78 is 27.8.